The highest BCUT2D eigenvalue weighted by molar-refractivity contribution is 8.24. The number of thioether (sulfide) groups is 2. The van der Waals surface area contributed by atoms with E-state index in [1.807, 2.05) is 12.1 Å². The molecule has 25 heteroatoms. The number of esters is 9. The summed E-state index contributed by atoms with van der Waals surface area (Å²) in [5.41, 5.74) is 1.43. The van der Waals surface area contributed by atoms with E-state index in [1.54, 1.807) is 55.5 Å². The molecule has 0 bridgehead atoms. The number of aliphatic hydroxyl groups is 1. The highest BCUT2D eigenvalue weighted by Crippen LogP contribution is 2.61. The SMILES string of the molecule is C=CC(=O)OCCOC(=O)CCC(=O)OCCc1ccc(OC(=O)[C@H]2CC[C@H](C(=O)Oc3c(OCC)cc(OC(O)[C@H]4CC[C@H](C(=O)Oc5ccc(CCOC(=O)CCC(=O)OCCOC(=O)C=C)cc5)CC4)c4c3SC(=C(C#N)C#N)S4)CC2)cc1. The van der Waals surface area contributed by atoms with Gasteiger partial charge in [-0.25, -0.2) is 9.59 Å². The van der Waals surface area contributed by atoms with Gasteiger partial charge in [0.1, 0.15) is 61.4 Å². The van der Waals surface area contributed by atoms with Crippen LogP contribution in [-0.2, 0) is 84.4 Å². The molecule has 462 valence electrons. The fourth-order valence-electron chi connectivity index (χ4n) is 9.08. The van der Waals surface area contributed by atoms with Gasteiger partial charge >= 0.3 is 53.7 Å². The molecule has 23 nitrogen and oxygen atoms in total. The smallest absolute Gasteiger partial charge is 0.330 e. The number of hydrogen-bond acceptors (Lipinski definition) is 25. The number of carbonyl (C=O) groups excluding carboxylic acids is 9. The van der Waals surface area contributed by atoms with Crippen molar-refractivity contribution >= 4 is 77.2 Å². The molecular formula is C62H66N2O21S2. The lowest BCUT2D eigenvalue weighted by Gasteiger charge is -2.31. The summed E-state index contributed by atoms with van der Waals surface area (Å²) in [6.07, 6.45) is 3.48. The van der Waals surface area contributed by atoms with Gasteiger partial charge in [-0.2, -0.15) is 10.5 Å². The van der Waals surface area contributed by atoms with Gasteiger partial charge < -0.3 is 57.2 Å². The van der Waals surface area contributed by atoms with Crippen molar-refractivity contribution in [2.45, 2.75) is 113 Å². The summed E-state index contributed by atoms with van der Waals surface area (Å²) in [6.45, 7) is 7.94. The molecule has 1 aliphatic heterocycles. The van der Waals surface area contributed by atoms with Gasteiger partial charge in [0.15, 0.2) is 17.8 Å². The summed E-state index contributed by atoms with van der Waals surface area (Å²) in [7, 11) is 0. The fourth-order valence-corrected chi connectivity index (χ4v) is 11.6. The second-order valence-electron chi connectivity index (χ2n) is 19.7. The molecule has 3 aliphatic rings. The van der Waals surface area contributed by atoms with Crippen LogP contribution >= 0.6 is 23.5 Å². The molecule has 1 unspecified atom stereocenters. The first-order chi connectivity index (χ1) is 42.0. The average molecular weight is 1240 g/mol. The lowest BCUT2D eigenvalue weighted by atomic mass is 9.81. The zero-order valence-corrected chi connectivity index (χ0v) is 49.5. The molecule has 0 radical (unpaired) electrons. The zero-order chi connectivity index (χ0) is 62.7. The van der Waals surface area contributed by atoms with Gasteiger partial charge in [0, 0.05) is 37.0 Å². The lowest BCUT2D eigenvalue weighted by molar-refractivity contribution is -0.152. The van der Waals surface area contributed by atoms with E-state index in [1.165, 1.54) is 6.07 Å². The van der Waals surface area contributed by atoms with Crippen molar-refractivity contribution < 1.29 is 100 Å². The normalized spacial score (nSPS) is 16.9. The van der Waals surface area contributed by atoms with Crippen LogP contribution in [0.3, 0.4) is 0 Å². The van der Waals surface area contributed by atoms with Crippen LogP contribution in [0.4, 0.5) is 0 Å². The molecule has 1 heterocycles. The first kappa shape index (κ1) is 67.5. The first-order valence-corrected chi connectivity index (χ1v) is 29.8. The van der Waals surface area contributed by atoms with Crippen molar-refractivity contribution in [1.82, 2.24) is 0 Å². The summed E-state index contributed by atoms with van der Waals surface area (Å²) in [5.74, 6) is -6.17. The number of nitrogens with zero attached hydrogens (tertiary/aromatic N) is 2. The molecule has 87 heavy (non-hydrogen) atoms. The van der Waals surface area contributed by atoms with Crippen LogP contribution in [0.15, 0.2) is 99.5 Å². The van der Waals surface area contributed by atoms with E-state index in [0.29, 0.717) is 89.7 Å². The summed E-state index contributed by atoms with van der Waals surface area (Å²) in [6, 6.07) is 18.8. The van der Waals surface area contributed by atoms with E-state index >= 15 is 0 Å². The number of ether oxygens (including phenoxy) is 11. The molecule has 0 aromatic heterocycles. The van der Waals surface area contributed by atoms with Gasteiger partial charge in [0.2, 0.25) is 0 Å². The molecule has 0 spiro atoms. The quantitative estimate of drug-likeness (QED) is 0.0120. The van der Waals surface area contributed by atoms with Gasteiger partial charge in [-0.1, -0.05) is 60.9 Å². The Bertz CT molecular complexity index is 3080. The summed E-state index contributed by atoms with van der Waals surface area (Å²) >= 11 is 2.09. The van der Waals surface area contributed by atoms with Crippen molar-refractivity contribution in [2.75, 3.05) is 46.2 Å². The number of benzene rings is 3. The largest absolute Gasteiger partial charge is 0.490 e. The Kier molecular flexibility index (Phi) is 27.2. The standard InChI is InChI=1S/C62H66N2O21S2/c1-4-49(65)78-31-33-80-53(69)25-23-51(67)76-29-27-38-7-19-45(20-8-38)82-58(71)40-11-15-42(16-12-40)60(73)84-48-35-47(75-6-3)55(57-56(48)86-62(87-57)44(36-63)37-64)85-61(74)43-17-13-41(14-18-43)59(72)83-46-21-9-39(10-22-46)28-30-77-52(68)24-26-54(70)81-34-32-79-50(66)5-2/h4-5,7-10,19-22,35,40-43,60,73H,1-2,6,11-18,23-34H2,3H3/t40-,41-,42-,43-,60?. The van der Waals surface area contributed by atoms with Crippen LogP contribution in [0.1, 0.15) is 95.1 Å². The van der Waals surface area contributed by atoms with Crippen molar-refractivity contribution in [3.05, 3.63) is 101 Å². The van der Waals surface area contributed by atoms with Crippen LogP contribution in [-0.4, -0.2) is 111 Å². The second-order valence-corrected chi connectivity index (χ2v) is 22.0. The summed E-state index contributed by atoms with van der Waals surface area (Å²) < 4.78 is 59.7. The molecule has 0 amide bonds. The van der Waals surface area contributed by atoms with E-state index < -0.39 is 83.7 Å². The maximum Gasteiger partial charge on any atom is 0.330 e. The number of nitriles is 2. The maximum atomic E-state index is 14.0. The van der Waals surface area contributed by atoms with Gasteiger partial charge in [-0.3, -0.25) is 33.6 Å². The highest BCUT2D eigenvalue weighted by Gasteiger charge is 2.38. The number of hydrogen-bond donors (Lipinski definition) is 1. The minimum atomic E-state index is -1.35. The molecule has 2 saturated carbocycles. The number of aliphatic hydroxyl groups excluding tert-OH is 1. The van der Waals surface area contributed by atoms with Crippen molar-refractivity contribution in [2.24, 2.45) is 23.7 Å². The Labute approximate surface area is 510 Å². The van der Waals surface area contributed by atoms with E-state index in [4.69, 9.17) is 52.1 Å². The predicted molar refractivity (Wildman–Crippen MR) is 307 cm³/mol. The van der Waals surface area contributed by atoms with Crippen LogP contribution in [0.2, 0.25) is 0 Å². The lowest BCUT2D eigenvalue weighted by Crippen LogP contribution is -2.33. The minimum Gasteiger partial charge on any atom is -0.490 e. The molecule has 3 aromatic rings. The number of carbonyl (C=O) groups is 9. The minimum absolute atomic E-state index is 0.0474. The zero-order valence-electron chi connectivity index (χ0n) is 47.8. The summed E-state index contributed by atoms with van der Waals surface area (Å²) in [4.78, 5) is 111. The third kappa shape index (κ3) is 21.7. The van der Waals surface area contributed by atoms with Crippen LogP contribution < -0.4 is 23.7 Å². The van der Waals surface area contributed by atoms with Crippen molar-refractivity contribution in [1.29, 1.82) is 10.5 Å². The van der Waals surface area contributed by atoms with E-state index in [-0.39, 0.29) is 94.8 Å². The van der Waals surface area contributed by atoms with Gasteiger partial charge in [0.25, 0.3) is 0 Å². The number of fused-ring (bicyclic) bond motifs is 1. The van der Waals surface area contributed by atoms with Crippen LogP contribution in [0, 0.1) is 46.3 Å². The number of allylic oxidation sites excluding steroid dienone is 1. The highest BCUT2D eigenvalue weighted by atomic mass is 32.2. The third-order valence-corrected chi connectivity index (χ3v) is 16.4. The van der Waals surface area contributed by atoms with E-state index in [2.05, 4.69) is 13.2 Å². The van der Waals surface area contributed by atoms with Gasteiger partial charge in [0.05, 0.1) is 77.3 Å². The molecule has 6 rings (SSSR count). The Morgan fingerprint density at radius 3 is 1.36 bits per heavy atom. The van der Waals surface area contributed by atoms with E-state index in [0.717, 1.165) is 46.8 Å². The third-order valence-electron chi connectivity index (χ3n) is 13.8. The molecule has 2 fully saturated rings. The first-order valence-electron chi connectivity index (χ1n) is 28.1. The Balaban J connectivity index is 0.943. The Morgan fingerprint density at radius 2 is 0.943 bits per heavy atom. The van der Waals surface area contributed by atoms with Gasteiger partial charge in [-0.15, -0.1) is 0 Å². The fraction of sp³-hybridized carbons (Fsp3) is 0.435. The molecule has 1 atom stereocenters. The summed E-state index contributed by atoms with van der Waals surface area (Å²) in [5, 5.41) is 31.2. The number of rotatable bonds is 31. The topological polar surface area (TPSA) is 323 Å². The molecule has 3 aromatic carbocycles. The predicted octanol–water partition coefficient (Wildman–Crippen LogP) is 8.25. The molecule has 0 saturated heterocycles. The Morgan fingerprint density at radius 1 is 0.552 bits per heavy atom. The second kappa shape index (κ2) is 35.1. The Hall–Kier alpha value is -8.65. The van der Waals surface area contributed by atoms with Crippen LogP contribution in [0.5, 0.6) is 28.7 Å². The van der Waals surface area contributed by atoms with Crippen LogP contribution in [0.25, 0.3) is 0 Å². The van der Waals surface area contributed by atoms with Crippen molar-refractivity contribution in [3.8, 4) is 40.9 Å². The monoisotopic (exact) mass is 1240 g/mol. The molecule has 1 N–H and O–H groups in total. The average Bonchev–Trinajstić information content (AvgIpc) is 2.17. The maximum absolute atomic E-state index is 14.0. The van der Waals surface area contributed by atoms with Crippen molar-refractivity contribution in [3.63, 3.8) is 0 Å². The van der Waals surface area contributed by atoms with E-state index in [9.17, 15) is 58.8 Å². The van der Waals surface area contributed by atoms with Gasteiger partial charge in [-0.05, 0) is 93.7 Å². The molecule has 2 aliphatic carbocycles. The molecular weight excluding hydrogens is 1170 g/mol.